The van der Waals surface area contributed by atoms with Gasteiger partial charge in [-0.2, -0.15) is 0 Å². The third-order valence-electron chi connectivity index (χ3n) is 1.35. The van der Waals surface area contributed by atoms with Gasteiger partial charge in [0, 0.05) is 7.11 Å². The average molecular weight is 203 g/mol. The summed E-state index contributed by atoms with van der Waals surface area (Å²) in [5.41, 5.74) is -2.49. The standard InChI is InChI=1S/C6H9N3O5/c1-13-3-14-2-9-5(11)7-4(10)8-6(9)12/h2-3H2,1H3,(H2,7,8,10,11,12). The lowest BCUT2D eigenvalue weighted by atomic mass is 10.9. The van der Waals surface area contributed by atoms with Crippen molar-refractivity contribution in [1.29, 1.82) is 0 Å². The maximum atomic E-state index is 11.0. The topological polar surface area (TPSA) is 106 Å². The van der Waals surface area contributed by atoms with Crippen molar-refractivity contribution < 1.29 is 9.47 Å². The van der Waals surface area contributed by atoms with Crippen molar-refractivity contribution in [3.63, 3.8) is 0 Å². The Morgan fingerprint density at radius 3 is 2.29 bits per heavy atom. The monoisotopic (exact) mass is 203 g/mol. The number of methoxy groups -OCH3 is 1. The molecule has 1 rings (SSSR count). The van der Waals surface area contributed by atoms with Crippen molar-refractivity contribution in [2.75, 3.05) is 13.9 Å². The molecule has 0 saturated heterocycles. The Hall–Kier alpha value is -1.67. The van der Waals surface area contributed by atoms with Crippen LogP contribution in [0.1, 0.15) is 0 Å². The van der Waals surface area contributed by atoms with Crippen molar-refractivity contribution >= 4 is 0 Å². The summed E-state index contributed by atoms with van der Waals surface area (Å²) in [7, 11) is 1.40. The predicted molar refractivity (Wildman–Crippen MR) is 44.9 cm³/mol. The Labute approximate surface area is 77.1 Å². The quantitative estimate of drug-likeness (QED) is 0.426. The molecule has 0 radical (unpaired) electrons. The van der Waals surface area contributed by atoms with E-state index in [9.17, 15) is 14.4 Å². The summed E-state index contributed by atoms with van der Waals surface area (Å²) < 4.78 is 10.0. The first-order chi connectivity index (χ1) is 6.65. The molecule has 1 heterocycles. The van der Waals surface area contributed by atoms with Gasteiger partial charge in [-0.3, -0.25) is 9.97 Å². The first kappa shape index (κ1) is 10.4. The van der Waals surface area contributed by atoms with Gasteiger partial charge in [0.15, 0.2) is 0 Å². The molecule has 8 nitrogen and oxygen atoms in total. The zero-order chi connectivity index (χ0) is 10.6. The number of rotatable bonds is 4. The zero-order valence-electron chi connectivity index (χ0n) is 7.40. The lowest BCUT2D eigenvalue weighted by molar-refractivity contribution is -0.0618. The number of nitrogens with zero attached hydrogens (tertiary/aromatic N) is 1. The summed E-state index contributed by atoms with van der Waals surface area (Å²) in [6, 6.07) is 0. The van der Waals surface area contributed by atoms with Crippen LogP contribution in [0.3, 0.4) is 0 Å². The number of nitrogens with one attached hydrogen (secondary N) is 2. The van der Waals surface area contributed by atoms with E-state index in [2.05, 4.69) is 4.74 Å². The minimum absolute atomic E-state index is 0.0506. The Morgan fingerprint density at radius 1 is 1.21 bits per heavy atom. The van der Waals surface area contributed by atoms with E-state index in [0.29, 0.717) is 4.57 Å². The summed E-state index contributed by atoms with van der Waals surface area (Å²) >= 11 is 0. The second-order valence-electron chi connectivity index (χ2n) is 2.36. The molecule has 0 unspecified atom stereocenters. The molecule has 0 amide bonds. The van der Waals surface area contributed by atoms with Crippen molar-refractivity contribution in [3.05, 3.63) is 31.5 Å². The summed E-state index contributed by atoms with van der Waals surface area (Å²) in [5, 5.41) is 0. The van der Waals surface area contributed by atoms with Crippen molar-refractivity contribution in [1.82, 2.24) is 14.5 Å². The van der Waals surface area contributed by atoms with Crippen LogP contribution in [-0.2, 0) is 16.2 Å². The van der Waals surface area contributed by atoms with Gasteiger partial charge >= 0.3 is 17.1 Å². The maximum Gasteiger partial charge on any atom is 0.335 e. The number of hydrogen-bond acceptors (Lipinski definition) is 5. The lowest BCUT2D eigenvalue weighted by Gasteiger charge is -2.03. The molecular weight excluding hydrogens is 194 g/mol. The van der Waals surface area contributed by atoms with Crippen LogP contribution in [0, 0.1) is 0 Å². The van der Waals surface area contributed by atoms with E-state index in [4.69, 9.17) is 4.74 Å². The van der Waals surface area contributed by atoms with E-state index in [1.807, 2.05) is 9.97 Å². The van der Waals surface area contributed by atoms with Crippen molar-refractivity contribution in [3.8, 4) is 0 Å². The van der Waals surface area contributed by atoms with E-state index in [0.717, 1.165) is 0 Å². The number of H-pyrrole nitrogens is 2. The van der Waals surface area contributed by atoms with Crippen LogP contribution >= 0.6 is 0 Å². The highest BCUT2D eigenvalue weighted by Gasteiger charge is 2.01. The minimum Gasteiger partial charge on any atom is -0.359 e. The van der Waals surface area contributed by atoms with Crippen LogP contribution in [0.15, 0.2) is 14.4 Å². The van der Waals surface area contributed by atoms with Crippen LogP contribution < -0.4 is 17.1 Å². The highest BCUT2D eigenvalue weighted by molar-refractivity contribution is 4.66. The third kappa shape index (κ3) is 2.41. The first-order valence-corrected chi connectivity index (χ1v) is 3.65. The highest BCUT2D eigenvalue weighted by atomic mass is 16.7. The summed E-state index contributed by atoms with van der Waals surface area (Å²) in [5.74, 6) is 0. The van der Waals surface area contributed by atoms with Crippen LogP contribution in [0.4, 0.5) is 0 Å². The molecule has 8 heteroatoms. The van der Waals surface area contributed by atoms with E-state index < -0.39 is 17.1 Å². The van der Waals surface area contributed by atoms with Gasteiger partial charge in [0.1, 0.15) is 13.5 Å². The Kier molecular flexibility index (Phi) is 3.37. The number of ether oxygens (including phenoxy) is 2. The lowest BCUT2D eigenvalue weighted by Crippen LogP contribution is -2.43. The van der Waals surface area contributed by atoms with Crippen LogP contribution in [-0.4, -0.2) is 28.4 Å². The first-order valence-electron chi connectivity index (χ1n) is 3.65. The van der Waals surface area contributed by atoms with Crippen molar-refractivity contribution in [2.24, 2.45) is 0 Å². The van der Waals surface area contributed by atoms with Gasteiger partial charge < -0.3 is 9.47 Å². The number of aromatic nitrogens is 3. The Morgan fingerprint density at radius 2 is 1.79 bits per heavy atom. The molecular formula is C6H9N3O5. The molecule has 14 heavy (non-hydrogen) atoms. The molecule has 78 valence electrons. The Bertz CT molecular complexity index is 421. The fourth-order valence-corrected chi connectivity index (χ4v) is 0.782. The molecule has 0 aromatic carbocycles. The van der Waals surface area contributed by atoms with E-state index in [1.54, 1.807) is 0 Å². The van der Waals surface area contributed by atoms with E-state index in [-0.39, 0.29) is 13.5 Å². The van der Waals surface area contributed by atoms with Gasteiger partial charge in [-0.05, 0) is 0 Å². The smallest absolute Gasteiger partial charge is 0.335 e. The van der Waals surface area contributed by atoms with Crippen LogP contribution in [0.5, 0.6) is 0 Å². The molecule has 0 aliphatic rings. The van der Waals surface area contributed by atoms with Crippen molar-refractivity contribution in [2.45, 2.75) is 6.73 Å². The summed E-state index contributed by atoms with van der Waals surface area (Å²) in [6.07, 6.45) is 0. The van der Waals surface area contributed by atoms with E-state index >= 15 is 0 Å². The molecule has 0 saturated carbocycles. The normalized spacial score (nSPS) is 10.4. The fraction of sp³-hybridized carbons (Fsp3) is 0.500. The maximum absolute atomic E-state index is 11.0. The predicted octanol–water partition coefficient (Wildman–Crippen LogP) is -2.20. The molecule has 0 atom stereocenters. The van der Waals surface area contributed by atoms with Gasteiger partial charge in [-0.15, -0.1) is 0 Å². The molecule has 0 fully saturated rings. The SMILES string of the molecule is COCOCn1c(=O)[nH]c(=O)[nH]c1=O. The second-order valence-corrected chi connectivity index (χ2v) is 2.36. The molecule has 2 N–H and O–H groups in total. The van der Waals surface area contributed by atoms with Gasteiger partial charge in [-0.25, -0.2) is 19.0 Å². The average Bonchev–Trinajstić information content (AvgIpc) is 2.09. The number of aromatic amines is 2. The third-order valence-corrected chi connectivity index (χ3v) is 1.35. The number of hydrogen-bond donors (Lipinski definition) is 2. The molecule has 0 aliphatic carbocycles. The highest BCUT2D eigenvalue weighted by Crippen LogP contribution is 1.75. The fourth-order valence-electron chi connectivity index (χ4n) is 0.782. The molecule has 0 aliphatic heterocycles. The Balaban J connectivity index is 2.93. The molecule has 0 bridgehead atoms. The zero-order valence-corrected chi connectivity index (χ0v) is 7.40. The summed E-state index contributed by atoms with van der Waals surface area (Å²) in [6.45, 7) is -0.330. The van der Waals surface area contributed by atoms with Gasteiger partial charge in [-0.1, -0.05) is 0 Å². The molecule has 1 aromatic rings. The largest absolute Gasteiger partial charge is 0.359 e. The second kappa shape index (κ2) is 4.53. The molecule has 1 aromatic heterocycles. The minimum atomic E-state index is -0.844. The van der Waals surface area contributed by atoms with Gasteiger partial charge in [0.05, 0.1) is 0 Å². The van der Waals surface area contributed by atoms with Gasteiger partial charge in [0.2, 0.25) is 0 Å². The van der Waals surface area contributed by atoms with Crippen LogP contribution in [0.25, 0.3) is 0 Å². The molecule has 0 spiro atoms. The van der Waals surface area contributed by atoms with Crippen LogP contribution in [0.2, 0.25) is 0 Å². The van der Waals surface area contributed by atoms with E-state index in [1.165, 1.54) is 7.11 Å². The van der Waals surface area contributed by atoms with Gasteiger partial charge in [0.25, 0.3) is 0 Å². The summed E-state index contributed by atoms with van der Waals surface area (Å²) in [4.78, 5) is 36.4.